The number of benzene rings is 1. The van der Waals surface area contributed by atoms with Crippen molar-refractivity contribution in [1.29, 1.82) is 0 Å². The van der Waals surface area contributed by atoms with Crippen molar-refractivity contribution in [2.45, 2.75) is 40.0 Å². The highest BCUT2D eigenvalue weighted by molar-refractivity contribution is 6.39. The van der Waals surface area contributed by atoms with E-state index >= 15 is 0 Å². The Balaban J connectivity index is 2.62. The summed E-state index contributed by atoms with van der Waals surface area (Å²) < 4.78 is 5.56. The molecular formula is C16H19Cl2NO. The quantitative estimate of drug-likeness (QED) is 0.695. The normalized spacial score (nSPS) is 11.6. The van der Waals surface area contributed by atoms with Crippen LogP contribution in [0.5, 0.6) is 0 Å². The lowest BCUT2D eigenvalue weighted by Crippen LogP contribution is -2.00. The molecule has 2 aromatic rings. The molecule has 1 aromatic carbocycles. The second-order valence-corrected chi connectivity index (χ2v) is 6.54. The van der Waals surface area contributed by atoms with E-state index in [1.165, 1.54) is 0 Å². The first-order valence-corrected chi connectivity index (χ1v) is 7.60. The van der Waals surface area contributed by atoms with Crippen molar-refractivity contribution in [1.82, 2.24) is 5.16 Å². The third-order valence-corrected chi connectivity index (χ3v) is 3.78. The predicted octanol–water partition coefficient (Wildman–Crippen LogP) is 5.97. The number of nitrogens with zero attached hydrogens (tertiary/aromatic N) is 1. The maximum atomic E-state index is 6.30. The summed E-state index contributed by atoms with van der Waals surface area (Å²) in [6.07, 6.45) is 0.897. The lowest BCUT2D eigenvalue weighted by atomic mass is 9.94. The van der Waals surface area contributed by atoms with Gasteiger partial charge in [0.25, 0.3) is 0 Å². The van der Waals surface area contributed by atoms with Crippen LogP contribution in [0.4, 0.5) is 0 Å². The molecule has 0 saturated carbocycles. The summed E-state index contributed by atoms with van der Waals surface area (Å²) in [4.78, 5) is 0. The summed E-state index contributed by atoms with van der Waals surface area (Å²) in [5.41, 5.74) is 2.66. The molecule has 0 aliphatic rings. The van der Waals surface area contributed by atoms with Crippen molar-refractivity contribution in [3.8, 4) is 11.3 Å². The maximum absolute atomic E-state index is 6.30. The molecule has 0 N–H and O–H groups in total. The van der Waals surface area contributed by atoms with E-state index in [9.17, 15) is 0 Å². The summed E-state index contributed by atoms with van der Waals surface area (Å²) in [6.45, 7) is 8.55. The van der Waals surface area contributed by atoms with Crippen LogP contribution in [0, 0.1) is 5.92 Å². The van der Waals surface area contributed by atoms with Gasteiger partial charge in [0, 0.05) is 17.0 Å². The van der Waals surface area contributed by atoms with E-state index in [0.717, 1.165) is 29.0 Å². The van der Waals surface area contributed by atoms with Crippen molar-refractivity contribution >= 4 is 23.2 Å². The van der Waals surface area contributed by atoms with Gasteiger partial charge in [-0.3, -0.25) is 0 Å². The molecule has 0 unspecified atom stereocenters. The van der Waals surface area contributed by atoms with Gasteiger partial charge in [0.2, 0.25) is 0 Å². The highest BCUT2D eigenvalue weighted by Gasteiger charge is 2.23. The largest absolute Gasteiger partial charge is 0.360 e. The van der Waals surface area contributed by atoms with Gasteiger partial charge < -0.3 is 4.52 Å². The average molecular weight is 312 g/mol. The molecule has 0 radical (unpaired) electrons. The molecule has 4 heteroatoms. The van der Waals surface area contributed by atoms with E-state index in [0.29, 0.717) is 16.0 Å². The minimum Gasteiger partial charge on any atom is -0.360 e. The van der Waals surface area contributed by atoms with Crippen LogP contribution in [0.25, 0.3) is 11.3 Å². The number of hydrogen-bond donors (Lipinski definition) is 0. The molecule has 0 amide bonds. The van der Waals surface area contributed by atoms with Crippen LogP contribution < -0.4 is 0 Å². The Kier molecular flexibility index (Phi) is 4.77. The molecule has 0 atom stereocenters. The van der Waals surface area contributed by atoms with Crippen LogP contribution in [0.1, 0.15) is 44.9 Å². The lowest BCUT2D eigenvalue weighted by Gasteiger charge is -2.10. The molecule has 0 aliphatic carbocycles. The minimum atomic E-state index is 0.284. The van der Waals surface area contributed by atoms with E-state index in [-0.39, 0.29) is 5.92 Å². The zero-order valence-corrected chi connectivity index (χ0v) is 13.7. The van der Waals surface area contributed by atoms with Gasteiger partial charge in [-0.1, -0.05) is 62.1 Å². The molecule has 108 valence electrons. The van der Waals surface area contributed by atoms with Crippen LogP contribution in [-0.2, 0) is 6.42 Å². The summed E-state index contributed by atoms with van der Waals surface area (Å²) in [7, 11) is 0. The number of halogens is 2. The first-order chi connectivity index (χ1) is 9.41. The maximum Gasteiger partial charge on any atom is 0.143 e. The molecule has 1 aromatic heterocycles. The third-order valence-electron chi connectivity index (χ3n) is 3.15. The second kappa shape index (κ2) is 6.19. The van der Waals surface area contributed by atoms with Gasteiger partial charge in [-0.25, -0.2) is 0 Å². The topological polar surface area (TPSA) is 26.0 Å². The van der Waals surface area contributed by atoms with Gasteiger partial charge in [-0.15, -0.1) is 0 Å². The summed E-state index contributed by atoms with van der Waals surface area (Å²) in [6, 6.07) is 5.48. The van der Waals surface area contributed by atoms with Crippen LogP contribution in [0.2, 0.25) is 10.0 Å². The average Bonchev–Trinajstić information content (AvgIpc) is 2.72. The first kappa shape index (κ1) is 15.4. The van der Waals surface area contributed by atoms with Gasteiger partial charge >= 0.3 is 0 Å². The van der Waals surface area contributed by atoms with E-state index < -0.39 is 0 Å². The van der Waals surface area contributed by atoms with Crippen molar-refractivity contribution < 1.29 is 4.52 Å². The van der Waals surface area contributed by atoms with E-state index in [1.54, 1.807) is 0 Å². The smallest absolute Gasteiger partial charge is 0.143 e. The van der Waals surface area contributed by atoms with E-state index in [1.807, 2.05) is 18.2 Å². The summed E-state index contributed by atoms with van der Waals surface area (Å²) >= 11 is 12.6. The van der Waals surface area contributed by atoms with Crippen molar-refractivity contribution in [2.24, 2.45) is 5.92 Å². The van der Waals surface area contributed by atoms with Crippen LogP contribution in [0.15, 0.2) is 22.7 Å². The lowest BCUT2D eigenvalue weighted by molar-refractivity contribution is 0.370. The highest BCUT2D eigenvalue weighted by Crippen LogP contribution is 2.39. The van der Waals surface area contributed by atoms with Crippen molar-refractivity contribution in [3.63, 3.8) is 0 Å². The third kappa shape index (κ3) is 3.02. The molecule has 2 nitrogen and oxygen atoms in total. The molecule has 20 heavy (non-hydrogen) atoms. The molecule has 2 rings (SSSR count). The van der Waals surface area contributed by atoms with E-state index in [4.69, 9.17) is 27.7 Å². The van der Waals surface area contributed by atoms with Crippen molar-refractivity contribution in [2.75, 3.05) is 0 Å². The summed E-state index contributed by atoms with van der Waals surface area (Å²) in [5, 5.41) is 5.44. The molecule has 0 bridgehead atoms. The second-order valence-electron chi connectivity index (χ2n) is 5.72. The van der Waals surface area contributed by atoms with Gasteiger partial charge in [0.05, 0.1) is 10.0 Å². The zero-order valence-electron chi connectivity index (χ0n) is 12.2. The fraction of sp³-hybridized carbons (Fsp3) is 0.438. The molecule has 0 fully saturated rings. The van der Waals surface area contributed by atoms with Gasteiger partial charge in [-0.2, -0.15) is 0 Å². The van der Waals surface area contributed by atoms with Crippen LogP contribution in [-0.4, -0.2) is 5.16 Å². The van der Waals surface area contributed by atoms with Crippen molar-refractivity contribution in [3.05, 3.63) is 39.6 Å². The van der Waals surface area contributed by atoms with Crippen LogP contribution >= 0.6 is 23.2 Å². The highest BCUT2D eigenvalue weighted by atomic mass is 35.5. The number of hydrogen-bond acceptors (Lipinski definition) is 2. The predicted molar refractivity (Wildman–Crippen MR) is 84.6 cm³/mol. The Hall–Kier alpha value is -0.990. The van der Waals surface area contributed by atoms with Gasteiger partial charge in [0.15, 0.2) is 0 Å². The van der Waals surface area contributed by atoms with Crippen LogP contribution in [0.3, 0.4) is 0 Å². The number of aromatic nitrogens is 1. The monoisotopic (exact) mass is 311 g/mol. The minimum absolute atomic E-state index is 0.284. The number of rotatable bonds is 4. The zero-order chi connectivity index (χ0) is 14.9. The molecular weight excluding hydrogens is 293 g/mol. The van der Waals surface area contributed by atoms with E-state index in [2.05, 4.69) is 32.9 Å². The SMILES string of the molecule is CC(C)Cc1c(-c2c(Cl)cccc2Cl)noc1C(C)C. The molecule has 1 heterocycles. The Bertz CT molecular complexity index is 582. The standard InChI is InChI=1S/C16H19Cl2NO/c1-9(2)8-11-15(19-20-16(11)10(3)4)14-12(17)6-5-7-13(14)18/h5-7,9-10H,8H2,1-4H3. The first-order valence-electron chi connectivity index (χ1n) is 6.84. The van der Waals surface area contributed by atoms with Gasteiger partial charge in [0.1, 0.15) is 11.5 Å². The Morgan fingerprint density at radius 3 is 2.20 bits per heavy atom. The molecule has 0 saturated heterocycles. The molecule has 0 aliphatic heterocycles. The Morgan fingerprint density at radius 1 is 1.10 bits per heavy atom. The summed E-state index contributed by atoms with van der Waals surface area (Å²) in [5.74, 6) is 1.71. The fourth-order valence-corrected chi connectivity index (χ4v) is 2.88. The fourth-order valence-electron chi connectivity index (χ4n) is 2.30. The molecule has 0 spiro atoms. The van der Waals surface area contributed by atoms with Gasteiger partial charge in [-0.05, 0) is 24.5 Å². The Labute approximate surface area is 130 Å². The Morgan fingerprint density at radius 2 is 1.70 bits per heavy atom.